The van der Waals surface area contributed by atoms with Crippen LogP contribution in [0, 0.1) is 12.3 Å². The van der Waals surface area contributed by atoms with E-state index in [1.54, 1.807) is 30.3 Å². The lowest BCUT2D eigenvalue weighted by Crippen LogP contribution is -1.99. The van der Waals surface area contributed by atoms with Crippen LogP contribution in [0.2, 0.25) is 10.0 Å². The van der Waals surface area contributed by atoms with E-state index in [9.17, 15) is 8.42 Å². The van der Waals surface area contributed by atoms with E-state index < -0.39 is 9.84 Å². The zero-order chi connectivity index (χ0) is 26.2. The van der Waals surface area contributed by atoms with Gasteiger partial charge in [0.1, 0.15) is 0 Å². The van der Waals surface area contributed by atoms with Crippen molar-refractivity contribution >= 4 is 51.7 Å². The normalized spacial score (nSPS) is 10.4. The highest BCUT2D eigenvalue weighted by molar-refractivity contribution is 7.93. The van der Waals surface area contributed by atoms with Crippen LogP contribution in [0.1, 0.15) is 22.3 Å². The minimum Gasteiger partial charge on any atom is -0.224 e. The molecule has 0 saturated carbocycles. The van der Waals surface area contributed by atoms with Gasteiger partial charge in [-0.1, -0.05) is 102 Å². The fraction of sp³-hybridized carbons (Fsp3) is 0.0667. The molecule has 0 radical (unpaired) electrons. The Morgan fingerprint density at radius 2 is 1.19 bits per heavy atom. The highest BCUT2D eigenvalue weighted by Gasteiger charge is 2.07. The van der Waals surface area contributed by atoms with E-state index in [2.05, 4.69) is 18.5 Å². The minimum atomic E-state index is -3.27. The number of hydrogen-bond donors (Lipinski definition) is 1. The first kappa shape index (κ1) is 29.3. The molecule has 2 nitrogen and oxygen atoms in total. The molecule has 0 heterocycles. The first-order valence-electron chi connectivity index (χ1n) is 10.9. The van der Waals surface area contributed by atoms with Gasteiger partial charge in [-0.15, -0.1) is 6.42 Å². The van der Waals surface area contributed by atoms with E-state index in [1.807, 2.05) is 84.9 Å². The number of hydrogen-bond acceptors (Lipinski definition) is 3. The molecule has 36 heavy (non-hydrogen) atoms. The molecule has 0 spiro atoms. The van der Waals surface area contributed by atoms with Gasteiger partial charge in [0, 0.05) is 26.8 Å². The molecule has 0 unspecified atom stereocenters. The maximum atomic E-state index is 11.9. The van der Waals surface area contributed by atoms with Crippen molar-refractivity contribution in [2.45, 2.75) is 11.5 Å². The molecule has 0 N–H and O–H groups in total. The highest BCUT2D eigenvalue weighted by atomic mass is 35.5. The van der Waals surface area contributed by atoms with Gasteiger partial charge in [-0.3, -0.25) is 0 Å². The zero-order valence-electron chi connectivity index (χ0n) is 19.5. The van der Waals surface area contributed by atoms with Crippen LogP contribution < -0.4 is 0 Å². The van der Waals surface area contributed by atoms with Crippen LogP contribution in [0.4, 0.5) is 0 Å². The zero-order valence-corrected chi connectivity index (χ0v) is 22.7. The Bertz CT molecular complexity index is 1340. The van der Waals surface area contributed by atoms with E-state index in [0.29, 0.717) is 5.02 Å². The van der Waals surface area contributed by atoms with Crippen LogP contribution in [0.15, 0.2) is 115 Å². The Kier molecular flexibility index (Phi) is 13.0. The van der Waals surface area contributed by atoms with E-state index in [0.717, 1.165) is 27.5 Å². The van der Waals surface area contributed by atoms with Gasteiger partial charge in [0.05, 0.1) is 5.75 Å². The third kappa shape index (κ3) is 12.2. The quantitative estimate of drug-likeness (QED) is 0.199. The number of terminal acetylenes is 1. The Labute approximate surface area is 230 Å². The Hall–Kier alpha value is -2.94. The average molecular weight is 554 g/mol. The third-order valence-corrected chi connectivity index (χ3v) is 6.74. The lowest BCUT2D eigenvalue weighted by molar-refractivity contribution is 0.604. The molecule has 184 valence electrons. The first-order valence-corrected chi connectivity index (χ1v) is 14.0. The van der Waals surface area contributed by atoms with Gasteiger partial charge in [0.25, 0.3) is 0 Å². The SMILES string of the molecule is C#Cc1ccccc1.O=S(=O)(C=Cc1ccccc1)Cc1ccc(Cl)cc1.SCc1ccc(Cl)cc1. The summed E-state index contributed by atoms with van der Waals surface area (Å²) in [5.74, 6) is 3.28. The van der Waals surface area contributed by atoms with Gasteiger partial charge in [0.2, 0.25) is 0 Å². The summed E-state index contributed by atoms with van der Waals surface area (Å²) in [7, 11) is -3.27. The van der Waals surface area contributed by atoms with Crippen LogP contribution in [0.25, 0.3) is 6.08 Å². The topological polar surface area (TPSA) is 34.1 Å². The summed E-state index contributed by atoms with van der Waals surface area (Å²) >= 11 is 15.5. The van der Waals surface area contributed by atoms with Crippen molar-refractivity contribution < 1.29 is 8.42 Å². The Morgan fingerprint density at radius 1 is 0.722 bits per heavy atom. The number of rotatable bonds is 5. The smallest absolute Gasteiger partial charge is 0.175 e. The number of thiol groups is 1. The third-order valence-electron chi connectivity index (χ3n) is 4.58. The van der Waals surface area contributed by atoms with Crippen molar-refractivity contribution in [3.05, 3.63) is 147 Å². The van der Waals surface area contributed by atoms with Gasteiger partial charge in [-0.25, -0.2) is 8.42 Å². The molecule has 0 bridgehead atoms. The molecular weight excluding hydrogens is 527 g/mol. The molecular formula is C30H26Cl2O2S2. The summed E-state index contributed by atoms with van der Waals surface area (Å²) in [6.45, 7) is 0. The number of sulfone groups is 1. The largest absolute Gasteiger partial charge is 0.224 e. The lowest BCUT2D eigenvalue weighted by Gasteiger charge is -2.00. The maximum Gasteiger partial charge on any atom is 0.175 e. The Morgan fingerprint density at radius 3 is 1.64 bits per heavy atom. The van der Waals surface area contributed by atoms with Gasteiger partial charge in [0.15, 0.2) is 9.84 Å². The van der Waals surface area contributed by atoms with E-state index in [4.69, 9.17) is 29.6 Å². The molecule has 4 aromatic carbocycles. The number of benzene rings is 4. The summed E-state index contributed by atoms with van der Waals surface area (Å²) in [6, 6.07) is 33.4. The lowest BCUT2D eigenvalue weighted by atomic mass is 10.2. The summed E-state index contributed by atoms with van der Waals surface area (Å²) in [4.78, 5) is 0. The molecule has 0 amide bonds. The van der Waals surface area contributed by atoms with Crippen LogP contribution in [-0.2, 0) is 21.3 Å². The molecule has 0 saturated heterocycles. The molecule has 4 rings (SSSR count). The molecule has 0 fully saturated rings. The standard InChI is InChI=1S/C15H13ClO2S.C8H6.C7H7ClS/c16-15-8-6-14(7-9-15)12-19(17,18)11-10-13-4-2-1-3-5-13;1-2-8-6-4-3-5-7-8;8-7-3-1-6(5-9)2-4-7/h1-11H,12H2;1,3-7H;1-4,9H,5H2. The predicted molar refractivity (Wildman–Crippen MR) is 158 cm³/mol. The molecule has 6 heteroatoms. The molecule has 0 aliphatic carbocycles. The van der Waals surface area contributed by atoms with E-state index in [1.165, 1.54) is 11.0 Å². The second-order valence-corrected chi connectivity index (χ2v) is 10.5. The van der Waals surface area contributed by atoms with Crippen molar-refractivity contribution in [2.24, 2.45) is 0 Å². The van der Waals surface area contributed by atoms with Crippen LogP contribution in [0.5, 0.6) is 0 Å². The monoisotopic (exact) mass is 552 g/mol. The van der Waals surface area contributed by atoms with Crippen LogP contribution in [-0.4, -0.2) is 8.42 Å². The summed E-state index contributed by atoms with van der Waals surface area (Å²) in [5, 5.41) is 2.62. The summed E-state index contributed by atoms with van der Waals surface area (Å²) in [6.07, 6.45) is 6.70. The number of halogens is 2. The van der Waals surface area contributed by atoms with Gasteiger partial charge in [-0.05, 0) is 59.2 Å². The molecule has 0 atom stereocenters. The highest BCUT2D eigenvalue weighted by Crippen LogP contribution is 2.14. The van der Waals surface area contributed by atoms with Crippen molar-refractivity contribution in [2.75, 3.05) is 0 Å². The van der Waals surface area contributed by atoms with Crippen molar-refractivity contribution in [1.29, 1.82) is 0 Å². The second-order valence-electron chi connectivity index (χ2n) is 7.44. The van der Waals surface area contributed by atoms with Crippen molar-refractivity contribution in [1.82, 2.24) is 0 Å². The molecule has 4 aromatic rings. The van der Waals surface area contributed by atoms with Gasteiger partial charge < -0.3 is 0 Å². The maximum absolute atomic E-state index is 11.9. The fourth-order valence-electron chi connectivity index (χ4n) is 2.73. The Balaban J connectivity index is 0.000000221. The van der Waals surface area contributed by atoms with Crippen molar-refractivity contribution in [3.8, 4) is 12.3 Å². The van der Waals surface area contributed by atoms with Gasteiger partial charge >= 0.3 is 0 Å². The van der Waals surface area contributed by atoms with Gasteiger partial charge in [-0.2, -0.15) is 12.6 Å². The molecule has 0 aromatic heterocycles. The van der Waals surface area contributed by atoms with Crippen LogP contribution >= 0.6 is 35.8 Å². The minimum absolute atomic E-state index is 0.0203. The summed E-state index contributed by atoms with van der Waals surface area (Å²) < 4.78 is 23.9. The molecule has 0 aliphatic rings. The predicted octanol–water partition coefficient (Wildman–Crippen LogP) is 8.36. The van der Waals surface area contributed by atoms with E-state index >= 15 is 0 Å². The summed E-state index contributed by atoms with van der Waals surface area (Å²) in [5.41, 5.74) is 3.72. The van der Waals surface area contributed by atoms with Crippen LogP contribution in [0.3, 0.4) is 0 Å². The molecule has 0 aliphatic heterocycles. The average Bonchev–Trinajstić information content (AvgIpc) is 2.91. The second kappa shape index (κ2) is 15.9. The van der Waals surface area contributed by atoms with E-state index in [-0.39, 0.29) is 5.75 Å². The van der Waals surface area contributed by atoms with Crippen molar-refractivity contribution in [3.63, 3.8) is 0 Å². The fourth-order valence-corrected chi connectivity index (χ4v) is 4.31. The first-order chi connectivity index (χ1) is 17.3.